The third-order valence-electron chi connectivity index (χ3n) is 3.57. The van der Waals surface area contributed by atoms with E-state index in [0.717, 1.165) is 0 Å². The van der Waals surface area contributed by atoms with Gasteiger partial charge in [-0.15, -0.1) is 0 Å². The van der Waals surface area contributed by atoms with E-state index in [2.05, 4.69) is 15.3 Å². The van der Waals surface area contributed by atoms with Gasteiger partial charge in [-0.3, -0.25) is 4.79 Å². The molecule has 0 aromatic carbocycles. The van der Waals surface area contributed by atoms with Gasteiger partial charge in [-0.1, -0.05) is 0 Å². The second kappa shape index (κ2) is 5.92. The summed E-state index contributed by atoms with van der Waals surface area (Å²) in [5.41, 5.74) is 0. The molecular formula is C14H16N4O3. The van der Waals surface area contributed by atoms with Crippen molar-refractivity contribution in [1.29, 1.82) is 0 Å². The van der Waals surface area contributed by atoms with Gasteiger partial charge in [-0.2, -0.15) is 0 Å². The van der Waals surface area contributed by atoms with Gasteiger partial charge in [0.25, 0.3) is 5.91 Å². The number of hydrogen-bond acceptors (Lipinski definition) is 6. The predicted octanol–water partition coefficient (Wildman–Crippen LogP) is 0.297. The molecular weight excluding hydrogens is 272 g/mol. The van der Waals surface area contributed by atoms with E-state index in [1.807, 2.05) is 4.90 Å². The Bertz CT molecular complexity index is 588. The highest BCUT2D eigenvalue weighted by Crippen LogP contribution is 2.21. The van der Waals surface area contributed by atoms with Crippen LogP contribution in [-0.4, -0.2) is 46.7 Å². The second-order valence-corrected chi connectivity index (χ2v) is 4.95. The summed E-state index contributed by atoms with van der Waals surface area (Å²) in [4.78, 5) is 22.4. The normalized spacial score (nSPS) is 21.5. The molecule has 2 N–H and O–H groups in total. The summed E-state index contributed by atoms with van der Waals surface area (Å²) in [7, 11) is 0. The van der Waals surface area contributed by atoms with Crippen LogP contribution in [0, 0.1) is 5.92 Å². The number of hydrogen-bond donors (Lipinski definition) is 2. The molecule has 3 rings (SSSR count). The molecule has 0 bridgehead atoms. The number of nitrogens with zero attached hydrogens (tertiary/aromatic N) is 3. The summed E-state index contributed by atoms with van der Waals surface area (Å²) >= 11 is 0. The second-order valence-electron chi connectivity index (χ2n) is 4.95. The number of rotatable bonds is 4. The van der Waals surface area contributed by atoms with Crippen molar-refractivity contribution in [3.63, 3.8) is 0 Å². The zero-order valence-electron chi connectivity index (χ0n) is 11.3. The summed E-state index contributed by atoms with van der Waals surface area (Å²) in [6, 6.07) is 4.85. The first-order chi connectivity index (χ1) is 10.3. The lowest BCUT2D eigenvalue weighted by molar-refractivity contribution is 0.0893. The molecule has 0 saturated carbocycles. The predicted molar refractivity (Wildman–Crippen MR) is 74.8 cm³/mol. The van der Waals surface area contributed by atoms with Crippen LogP contribution < -0.4 is 10.2 Å². The van der Waals surface area contributed by atoms with Crippen molar-refractivity contribution < 1.29 is 14.3 Å². The van der Waals surface area contributed by atoms with Gasteiger partial charge in [-0.05, 0) is 18.2 Å². The monoisotopic (exact) mass is 288 g/mol. The Morgan fingerprint density at radius 2 is 2.19 bits per heavy atom. The van der Waals surface area contributed by atoms with E-state index in [9.17, 15) is 9.90 Å². The lowest BCUT2D eigenvalue weighted by atomic mass is 10.1. The smallest absolute Gasteiger partial charge is 0.287 e. The fourth-order valence-corrected chi connectivity index (χ4v) is 2.48. The fourth-order valence-electron chi connectivity index (χ4n) is 2.48. The molecule has 0 radical (unpaired) electrons. The van der Waals surface area contributed by atoms with E-state index in [1.165, 1.54) is 6.26 Å². The largest absolute Gasteiger partial charge is 0.459 e. The van der Waals surface area contributed by atoms with Crippen LogP contribution in [0.15, 0.2) is 41.3 Å². The lowest BCUT2D eigenvalue weighted by Crippen LogP contribution is -2.41. The van der Waals surface area contributed by atoms with Gasteiger partial charge in [0.15, 0.2) is 5.76 Å². The van der Waals surface area contributed by atoms with Crippen LogP contribution in [0.2, 0.25) is 0 Å². The van der Waals surface area contributed by atoms with Crippen molar-refractivity contribution >= 4 is 11.9 Å². The molecule has 1 aliphatic rings. The topological polar surface area (TPSA) is 91.5 Å². The van der Waals surface area contributed by atoms with Gasteiger partial charge in [0.1, 0.15) is 0 Å². The molecule has 2 aromatic heterocycles. The Morgan fingerprint density at radius 3 is 2.86 bits per heavy atom. The average Bonchev–Trinajstić information content (AvgIpc) is 3.17. The Morgan fingerprint density at radius 1 is 1.38 bits per heavy atom. The zero-order chi connectivity index (χ0) is 14.7. The molecule has 1 saturated heterocycles. The highest BCUT2D eigenvalue weighted by molar-refractivity contribution is 5.91. The first-order valence-electron chi connectivity index (χ1n) is 6.75. The summed E-state index contributed by atoms with van der Waals surface area (Å²) < 4.78 is 5.07. The number of aliphatic hydroxyl groups excluding tert-OH is 1. The molecule has 3 heterocycles. The van der Waals surface area contributed by atoms with Crippen molar-refractivity contribution in [1.82, 2.24) is 15.3 Å². The number of carbonyl (C=O) groups excluding carboxylic acids is 1. The highest BCUT2D eigenvalue weighted by Gasteiger charge is 2.35. The molecule has 1 fully saturated rings. The first-order valence-corrected chi connectivity index (χ1v) is 6.75. The first kappa shape index (κ1) is 13.6. The maximum Gasteiger partial charge on any atom is 0.287 e. The van der Waals surface area contributed by atoms with Crippen LogP contribution in [0.25, 0.3) is 0 Å². The summed E-state index contributed by atoms with van der Waals surface area (Å²) in [6.45, 7) is 1.15. The van der Waals surface area contributed by atoms with Crippen molar-refractivity contribution in [2.24, 2.45) is 5.92 Å². The lowest BCUT2D eigenvalue weighted by Gasteiger charge is -2.17. The molecule has 2 aromatic rings. The van der Waals surface area contributed by atoms with Crippen molar-refractivity contribution in [3.8, 4) is 0 Å². The molecule has 21 heavy (non-hydrogen) atoms. The summed E-state index contributed by atoms with van der Waals surface area (Å²) in [5, 5.41) is 12.4. The van der Waals surface area contributed by atoms with Crippen LogP contribution in [-0.2, 0) is 0 Å². The molecule has 1 aliphatic heterocycles. The molecule has 110 valence electrons. The minimum absolute atomic E-state index is 0.00750. The van der Waals surface area contributed by atoms with Crippen molar-refractivity contribution in [2.45, 2.75) is 6.04 Å². The van der Waals surface area contributed by atoms with E-state index >= 15 is 0 Å². The highest BCUT2D eigenvalue weighted by atomic mass is 16.3. The van der Waals surface area contributed by atoms with E-state index in [4.69, 9.17) is 4.42 Å². The minimum Gasteiger partial charge on any atom is -0.459 e. The van der Waals surface area contributed by atoms with Crippen molar-refractivity contribution in [2.75, 3.05) is 24.6 Å². The van der Waals surface area contributed by atoms with Crippen LogP contribution >= 0.6 is 0 Å². The molecule has 1 amide bonds. The summed E-state index contributed by atoms with van der Waals surface area (Å²) in [6.07, 6.45) is 4.80. The number of carbonyl (C=O) groups is 1. The molecule has 0 spiro atoms. The number of anilines is 1. The van der Waals surface area contributed by atoms with Gasteiger partial charge in [0.05, 0.1) is 12.3 Å². The molecule has 2 atom stereocenters. The van der Waals surface area contributed by atoms with Gasteiger partial charge in [0.2, 0.25) is 5.95 Å². The third-order valence-corrected chi connectivity index (χ3v) is 3.57. The molecule has 7 nitrogen and oxygen atoms in total. The molecule has 0 aliphatic carbocycles. The molecule has 0 unspecified atom stereocenters. The van der Waals surface area contributed by atoms with Crippen molar-refractivity contribution in [3.05, 3.63) is 42.6 Å². The van der Waals surface area contributed by atoms with Gasteiger partial charge < -0.3 is 19.7 Å². The van der Waals surface area contributed by atoms with E-state index < -0.39 is 0 Å². The van der Waals surface area contributed by atoms with Crippen LogP contribution in [0.1, 0.15) is 10.6 Å². The standard InChI is InChI=1S/C14H16N4O3/c19-9-10-7-18(14-15-4-2-5-16-14)8-11(10)17-13(20)12-3-1-6-21-12/h1-6,10-11,19H,7-9H2,(H,17,20)/t10-,11+/m0/s1. The van der Waals surface area contributed by atoms with Crippen LogP contribution in [0.5, 0.6) is 0 Å². The van der Waals surface area contributed by atoms with Crippen LogP contribution in [0.4, 0.5) is 5.95 Å². The van der Waals surface area contributed by atoms with Gasteiger partial charge >= 0.3 is 0 Å². The zero-order valence-corrected chi connectivity index (χ0v) is 11.3. The number of furan rings is 1. The SMILES string of the molecule is O=C(N[C@@H]1CN(c2ncccn2)C[C@H]1CO)c1ccco1. The Labute approximate surface area is 121 Å². The number of aliphatic hydroxyl groups is 1. The molecule has 7 heteroatoms. The van der Waals surface area contributed by atoms with E-state index in [0.29, 0.717) is 19.0 Å². The third kappa shape index (κ3) is 2.87. The van der Waals surface area contributed by atoms with Gasteiger partial charge in [0, 0.05) is 38.0 Å². The maximum atomic E-state index is 12.0. The Hall–Kier alpha value is -2.41. The summed E-state index contributed by atoms with van der Waals surface area (Å²) in [5.74, 6) is 0.527. The van der Waals surface area contributed by atoms with E-state index in [1.54, 1.807) is 30.6 Å². The Kier molecular flexibility index (Phi) is 3.83. The Balaban J connectivity index is 1.69. The van der Waals surface area contributed by atoms with Crippen LogP contribution in [0.3, 0.4) is 0 Å². The number of nitrogens with one attached hydrogen (secondary N) is 1. The quantitative estimate of drug-likeness (QED) is 0.840. The van der Waals surface area contributed by atoms with E-state index in [-0.39, 0.29) is 30.2 Å². The minimum atomic E-state index is -0.278. The number of aromatic nitrogens is 2. The fraction of sp³-hybridized carbons (Fsp3) is 0.357. The average molecular weight is 288 g/mol. The number of amides is 1. The maximum absolute atomic E-state index is 12.0. The van der Waals surface area contributed by atoms with Gasteiger partial charge in [-0.25, -0.2) is 9.97 Å².